The molecule has 0 spiro atoms. The quantitative estimate of drug-likeness (QED) is 0.595. The summed E-state index contributed by atoms with van der Waals surface area (Å²) in [7, 11) is 0. The maximum atomic E-state index is 12.2. The Kier molecular flexibility index (Phi) is 5.97. The van der Waals surface area contributed by atoms with Gasteiger partial charge in [0.25, 0.3) is 0 Å². The van der Waals surface area contributed by atoms with Gasteiger partial charge in [0.05, 0.1) is 42.7 Å². The molecule has 1 heterocycles. The van der Waals surface area contributed by atoms with Gasteiger partial charge >= 0.3 is 11.9 Å². The van der Waals surface area contributed by atoms with Gasteiger partial charge in [-0.3, -0.25) is 0 Å². The highest BCUT2D eigenvalue weighted by atomic mass is 16.6. The minimum absolute atomic E-state index is 0.220. The largest absolute Gasteiger partial charge is 0.462 e. The second-order valence-corrected chi connectivity index (χ2v) is 8.35. The first-order valence-corrected chi connectivity index (χ1v) is 10.4. The third-order valence-electron chi connectivity index (χ3n) is 6.12. The number of epoxide rings is 1. The molecule has 6 nitrogen and oxygen atoms in total. The van der Waals surface area contributed by atoms with E-state index in [1.807, 2.05) is 0 Å². The predicted octanol–water partition coefficient (Wildman–Crippen LogP) is 3.12. The molecule has 5 atom stereocenters. The van der Waals surface area contributed by atoms with E-state index in [1.165, 1.54) is 0 Å². The van der Waals surface area contributed by atoms with Gasteiger partial charge in [-0.25, -0.2) is 9.59 Å². The van der Waals surface area contributed by atoms with Crippen molar-refractivity contribution in [1.29, 1.82) is 0 Å². The number of aliphatic hydroxyl groups excluding tert-OH is 1. The average molecular weight is 388 g/mol. The van der Waals surface area contributed by atoms with Crippen LogP contribution in [0.2, 0.25) is 0 Å². The molecular formula is C22H28O6. The molecule has 1 aromatic rings. The van der Waals surface area contributed by atoms with Crippen LogP contribution in [-0.2, 0) is 14.2 Å². The molecule has 3 aliphatic rings. The molecule has 1 aliphatic heterocycles. The van der Waals surface area contributed by atoms with Crippen molar-refractivity contribution in [2.24, 2.45) is 11.8 Å². The fourth-order valence-corrected chi connectivity index (χ4v) is 4.35. The van der Waals surface area contributed by atoms with Gasteiger partial charge in [-0.2, -0.15) is 0 Å². The number of carbonyl (C=O) groups excluding carboxylic acids is 2. The smallest absolute Gasteiger partial charge is 0.338 e. The van der Waals surface area contributed by atoms with Gasteiger partial charge in [0, 0.05) is 0 Å². The summed E-state index contributed by atoms with van der Waals surface area (Å²) in [4.78, 5) is 24.4. The number of ether oxygens (including phenoxy) is 3. The lowest BCUT2D eigenvalue weighted by Crippen LogP contribution is -2.24. The molecule has 1 saturated heterocycles. The van der Waals surface area contributed by atoms with Gasteiger partial charge in [-0.1, -0.05) is 6.42 Å². The first kappa shape index (κ1) is 19.4. The standard InChI is InChI=1S/C22H28O6/c23-18-3-1-2-14(10-18)12-26-21(24)16-5-7-17(8-6-16)22(25)27-13-15-4-9-19-20(11-15)28-19/h5-8,14-15,18-20,23H,1-4,9-13H2. The van der Waals surface area contributed by atoms with Crippen LogP contribution in [0.5, 0.6) is 0 Å². The Bertz CT molecular complexity index is 658. The van der Waals surface area contributed by atoms with E-state index >= 15 is 0 Å². The van der Waals surface area contributed by atoms with E-state index in [0.717, 1.165) is 38.5 Å². The summed E-state index contributed by atoms with van der Waals surface area (Å²) in [5.74, 6) is -0.172. The van der Waals surface area contributed by atoms with Gasteiger partial charge in [0.1, 0.15) is 0 Å². The second kappa shape index (κ2) is 8.62. The Hall–Kier alpha value is -1.92. The Balaban J connectivity index is 1.22. The minimum atomic E-state index is -0.402. The van der Waals surface area contributed by atoms with Crippen molar-refractivity contribution in [2.45, 2.75) is 63.3 Å². The van der Waals surface area contributed by atoms with Crippen LogP contribution < -0.4 is 0 Å². The summed E-state index contributed by atoms with van der Waals surface area (Å²) in [6, 6.07) is 6.39. The fourth-order valence-electron chi connectivity index (χ4n) is 4.35. The lowest BCUT2D eigenvalue weighted by atomic mass is 9.88. The zero-order valence-corrected chi connectivity index (χ0v) is 16.0. The molecule has 1 aromatic carbocycles. The summed E-state index contributed by atoms with van der Waals surface area (Å²) in [6.45, 7) is 0.745. The zero-order chi connectivity index (χ0) is 19.5. The lowest BCUT2D eigenvalue weighted by molar-refractivity contribution is 0.0291. The van der Waals surface area contributed by atoms with E-state index in [-0.39, 0.29) is 18.0 Å². The number of hydrogen-bond acceptors (Lipinski definition) is 6. The van der Waals surface area contributed by atoms with Crippen molar-refractivity contribution >= 4 is 11.9 Å². The number of esters is 2. The third kappa shape index (κ3) is 4.92. The topological polar surface area (TPSA) is 85.4 Å². The molecule has 6 heteroatoms. The Morgan fingerprint density at radius 3 is 2.04 bits per heavy atom. The molecule has 0 bridgehead atoms. The number of carbonyl (C=O) groups is 2. The maximum Gasteiger partial charge on any atom is 0.338 e. The number of rotatable bonds is 6. The summed E-state index contributed by atoms with van der Waals surface area (Å²) >= 11 is 0. The second-order valence-electron chi connectivity index (χ2n) is 8.35. The molecule has 152 valence electrons. The van der Waals surface area contributed by atoms with Crippen molar-refractivity contribution in [2.75, 3.05) is 13.2 Å². The normalized spacial score (nSPS) is 31.5. The van der Waals surface area contributed by atoms with Crippen molar-refractivity contribution in [3.8, 4) is 0 Å². The predicted molar refractivity (Wildman–Crippen MR) is 101 cm³/mol. The van der Waals surface area contributed by atoms with Gasteiger partial charge in [-0.15, -0.1) is 0 Å². The van der Waals surface area contributed by atoms with Gasteiger partial charge in [0.15, 0.2) is 0 Å². The highest BCUT2D eigenvalue weighted by Gasteiger charge is 2.44. The molecule has 4 rings (SSSR count). The van der Waals surface area contributed by atoms with Crippen LogP contribution in [0.25, 0.3) is 0 Å². The molecule has 0 amide bonds. The summed E-state index contributed by atoms with van der Waals surface area (Å²) in [6.07, 6.45) is 7.07. The van der Waals surface area contributed by atoms with Crippen molar-refractivity contribution in [1.82, 2.24) is 0 Å². The Morgan fingerprint density at radius 2 is 1.46 bits per heavy atom. The first-order valence-electron chi connectivity index (χ1n) is 10.4. The van der Waals surface area contributed by atoms with Crippen LogP contribution >= 0.6 is 0 Å². The molecule has 0 aromatic heterocycles. The molecule has 28 heavy (non-hydrogen) atoms. The summed E-state index contributed by atoms with van der Waals surface area (Å²) in [5, 5.41) is 9.70. The van der Waals surface area contributed by atoms with Crippen molar-refractivity contribution < 1.29 is 28.9 Å². The van der Waals surface area contributed by atoms with Crippen LogP contribution in [0.3, 0.4) is 0 Å². The van der Waals surface area contributed by atoms with Crippen LogP contribution in [0.1, 0.15) is 65.7 Å². The Labute approximate surface area is 165 Å². The minimum Gasteiger partial charge on any atom is -0.462 e. The number of hydrogen-bond donors (Lipinski definition) is 1. The van der Waals surface area contributed by atoms with Crippen LogP contribution in [0.4, 0.5) is 0 Å². The highest BCUT2D eigenvalue weighted by molar-refractivity contribution is 5.93. The summed E-state index contributed by atoms with van der Waals surface area (Å²) in [5.41, 5.74) is 0.848. The third-order valence-corrected chi connectivity index (χ3v) is 6.12. The fraction of sp³-hybridized carbons (Fsp3) is 0.636. The molecule has 3 fully saturated rings. The highest BCUT2D eigenvalue weighted by Crippen LogP contribution is 2.39. The molecule has 2 saturated carbocycles. The van der Waals surface area contributed by atoms with E-state index in [0.29, 0.717) is 48.9 Å². The van der Waals surface area contributed by atoms with Gasteiger partial charge in [-0.05, 0) is 74.6 Å². The Morgan fingerprint density at radius 1 is 0.857 bits per heavy atom. The molecule has 0 radical (unpaired) electrons. The lowest BCUT2D eigenvalue weighted by Gasteiger charge is -2.25. The SMILES string of the molecule is O=C(OCC1CCCC(O)C1)c1ccc(C(=O)OCC2CCC3OC3C2)cc1. The van der Waals surface area contributed by atoms with Crippen molar-refractivity contribution in [3.63, 3.8) is 0 Å². The molecular weight excluding hydrogens is 360 g/mol. The number of fused-ring (bicyclic) bond motifs is 1. The van der Waals surface area contributed by atoms with Gasteiger partial charge in [0.2, 0.25) is 0 Å². The van der Waals surface area contributed by atoms with Gasteiger partial charge < -0.3 is 19.3 Å². The van der Waals surface area contributed by atoms with Crippen molar-refractivity contribution in [3.05, 3.63) is 35.4 Å². The van der Waals surface area contributed by atoms with E-state index < -0.39 is 5.97 Å². The van der Waals surface area contributed by atoms with E-state index in [2.05, 4.69) is 0 Å². The van der Waals surface area contributed by atoms with Crippen LogP contribution in [0, 0.1) is 11.8 Å². The van der Waals surface area contributed by atoms with E-state index in [1.54, 1.807) is 24.3 Å². The molecule has 5 unspecified atom stereocenters. The molecule has 1 N–H and O–H groups in total. The van der Waals surface area contributed by atoms with Crippen LogP contribution in [0.15, 0.2) is 24.3 Å². The molecule has 2 aliphatic carbocycles. The summed E-state index contributed by atoms with van der Waals surface area (Å²) < 4.78 is 16.3. The monoisotopic (exact) mass is 388 g/mol. The first-order chi connectivity index (χ1) is 13.6. The van der Waals surface area contributed by atoms with E-state index in [4.69, 9.17) is 14.2 Å². The maximum absolute atomic E-state index is 12.2. The zero-order valence-electron chi connectivity index (χ0n) is 16.0. The number of benzene rings is 1. The average Bonchev–Trinajstić information content (AvgIpc) is 3.49. The van der Waals surface area contributed by atoms with E-state index in [9.17, 15) is 14.7 Å². The number of aliphatic hydroxyl groups is 1. The van der Waals surface area contributed by atoms with Crippen LogP contribution in [-0.4, -0.2) is 48.6 Å².